The fourth-order valence-corrected chi connectivity index (χ4v) is 2.59. The van der Waals surface area contributed by atoms with Gasteiger partial charge in [0, 0.05) is 0 Å². The lowest BCUT2D eigenvalue weighted by Gasteiger charge is -2.26. The lowest BCUT2D eigenvalue weighted by molar-refractivity contribution is 0.430. The highest BCUT2D eigenvalue weighted by Crippen LogP contribution is 2.44. The quantitative estimate of drug-likeness (QED) is 0.686. The van der Waals surface area contributed by atoms with Crippen molar-refractivity contribution in [1.29, 1.82) is 5.26 Å². The maximum atomic E-state index is 12.8. The minimum atomic E-state index is -0.381. The van der Waals surface area contributed by atoms with Crippen molar-refractivity contribution in [3.8, 4) is 6.07 Å². The van der Waals surface area contributed by atoms with Gasteiger partial charge >= 0.3 is 0 Å². The van der Waals surface area contributed by atoms with Gasteiger partial charge in [-0.1, -0.05) is 25.5 Å². The summed E-state index contributed by atoms with van der Waals surface area (Å²) in [7, 11) is 0. The molecule has 1 fully saturated rings. The third kappa shape index (κ3) is 1.52. The molecule has 1 aliphatic carbocycles. The number of nitrogens with zero attached hydrogens (tertiary/aromatic N) is 1. The van der Waals surface area contributed by atoms with Crippen molar-refractivity contribution in [2.45, 2.75) is 31.6 Å². The molecule has 1 nitrogen and oxygen atoms in total. The van der Waals surface area contributed by atoms with Crippen molar-refractivity contribution in [2.75, 3.05) is 0 Å². The molecule has 0 bridgehead atoms. The molecule has 1 saturated carbocycles. The maximum absolute atomic E-state index is 12.8. The second-order valence-corrected chi connectivity index (χ2v) is 4.38. The van der Waals surface area contributed by atoms with E-state index in [4.69, 9.17) is 0 Å². The van der Waals surface area contributed by atoms with E-state index >= 15 is 0 Å². The second kappa shape index (κ2) is 3.66. The summed E-state index contributed by atoms with van der Waals surface area (Å²) < 4.78 is 12.8. The molecule has 2 rings (SSSR count). The summed E-state index contributed by atoms with van der Waals surface area (Å²) >= 11 is 0. The molecule has 78 valence electrons. The Morgan fingerprint density at radius 1 is 1.40 bits per heavy atom. The Hall–Kier alpha value is -1.36. The molecular formula is C13H14FN. The SMILES string of the molecule is CC1CCCC1(C#N)c1ccc(F)cc1. The van der Waals surface area contributed by atoms with Crippen LogP contribution in [0.5, 0.6) is 0 Å². The van der Waals surface area contributed by atoms with E-state index in [1.165, 1.54) is 12.1 Å². The topological polar surface area (TPSA) is 23.8 Å². The minimum absolute atomic E-state index is 0.238. The Labute approximate surface area is 89.5 Å². The third-order valence-corrected chi connectivity index (χ3v) is 3.61. The van der Waals surface area contributed by atoms with Crippen molar-refractivity contribution in [3.05, 3.63) is 35.6 Å². The molecule has 0 aromatic heterocycles. The molecule has 2 atom stereocenters. The van der Waals surface area contributed by atoms with Crippen molar-refractivity contribution in [2.24, 2.45) is 5.92 Å². The van der Waals surface area contributed by atoms with Crippen LogP contribution in [-0.4, -0.2) is 0 Å². The van der Waals surface area contributed by atoms with Crippen LogP contribution in [0.15, 0.2) is 24.3 Å². The first-order valence-electron chi connectivity index (χ1n) is 5.36. The van der Waals surface area contributed by atoms with Gasteiger partial charge in [-0.25, -0.2) is 4.39 Å². The second-order valence-electron chi connectivity index (χ2n) is 4.38. The van der Waals surface area contributed by atoms with E-state index in [2.05, 4.69) is 13.0 Å². The van der Waals surface area contributed by atoms with E-state index in [9.17, 15) is 9.65 Å². The molecule has 0 heterocycles. The predicted molar refractivity (Wildman–Crippen MR) is 56.7 cm³/mol. The number of nitriles is 1. The van der Waals surface area contributed by atoms with Gasteiger partial charge in [0.25, 0.3) is 0 Å². The number of halogens is 1. The lowest BCUT2D eigenvalue weighted by Crippen LogP contribution is -2.26. The molecule has 1 aromatic rings. The number of hydrogen-bond donors (Lipinski definition) is 0. The smallest absolute Gasteiger partial charge is 0.123 e. The van der Waals surface area contributed by atoms with Crippen LogP contribution in [0.4, 0.5) is 4.39 Å². The van der Waals surface area contributed by atoms with Gasteiger partial charge in [-0.15, -0.1) is 0 Å². The third-order valence-electron chi connectivity index (χ3n) is 3.61. The molecule has 1 aromatic carbocycles. The van der Waals surface area contributed by atoms with Crippen LogP contribution in [0.3, 0.4) is 0 Å². The van der Waals surface area contributed by atoms with Gasteiger partial charge in [0.15, 0.2) is 0 Å². The largest absolute Gasteiger partial charge is 0.207 e. The van der Waals surface area contributed by atoms with E-state index in [1.54, 1.807) is 12.1 Å². The summed E-state index contributed by atoms with van der Waals surface area (Å²) in [6, 6.07) is 8.83. The number of rotatable bonds is 1. The average Bonchev–Trinajstić information content (AvgIpc) is 2.62. The molecule has 2 unspecified atom stereocenters. The van der Waals surface area contributed by atoms with Gasteiger partial charge < -0.3 is 0 Å². The Bertz CT molecular complexity index is 390. The molecule has 2 heteroatoms. The van der Waals surface area contributed by atoms with E-state index in [0.717, 1.165) is 24.8 Å². The zero-order valence-electron chi connectivity index (χ0n) is 8.83. The fraction of sp³-hybridized carbons (Fsp3) is 0.462. The lowest BCUT2D eigenvalue weighted by atomic mass is 9.74. The van der Waals surface area contributed by atoms with E-state index < -0.39 is 0 Å². The van der Waals surface area contributed by atoms with Crippen molar-refractivity contribution in [3.63, 3.8) is 0 Å². The van der Waals surface area contributed by atoms with Crippen LogP contribution in [0, 0.1) is 23.1 Å². The fourth-order valence-electron chi connectivity index (χ4n) is 2.59. The normalized spacial score (nSPS) is 30.1. The summed E-state index contributed by atoms with van der Waals surface area (Å²) in [5, 5.41) is 9.37. The molecule has 0 radical (unpaired) electrons. The summed E-state index contributed by atoms with van der Waals surface area (Å²) in [5.74, 6) is 0.130. The Morgan fingerprint density at radius 3 is 2.53 bits per heavy atom. The van der Waals surface area contributed by atoms with Crippen LogP contribution in [0.25, 0.3) is 0 Å². The van der Waals surface area contributed by atoms with E-state index in [1.807, 2.05) is 0 Å². The van der Waals surface area contributed by atoms with Crippen LogP contribution >= 0.6 is 0 Å². The monoisotopic (exact) mass is 203 g/mol. The Morgan fingerprint density at radius 2 is 2.07 bits per heavy atom. The molecule has 0 saturated heterocycles. The van der Waals surface area contributed by atoms with Crippen LogP contribution in [0.2, 0.25) is 0 Å². The zero-order valence-corrected chi connectivity index (χ0v) is 8.83. The van der Waals surface area contributed by atoms with Gasteiger partial charge in [0.1, 0.15) is 5.82 Å². The first-order chi connectivity index (χ1) is 7.19. The number of hydrogen-bond acceptors (Lipinski definition) is 1. The molecule has 0 aliphatic heterocycles. The molecular weight excluding hydrogens is 189 g/mol. The van der Waals surface area contributed by atoms with Gasteiger partial charge in [-0.2, -0.15) is 5.26 Å². The van der Waals surface area contributed by atoms with Crippen LogP contribution in [0.1, 0.15) is 31.7 Å². The first-order valence-corrected chi connectivity index (χ1v) is 5.36. The highest BCUT2D eigenvalue weighted by atomic mass is 19.1. The molecule has 0 spiro atoms. The Balaban J connectivity index is 2.43. The van der Waals surface area contributed by atoms with E-state index in [-0.39, 0.29) is 11.2 Å². The van der Waals surface area contributed by atoms with Crippen LogP contribution < -0.4 is 0 Å². The summed E-state index contributed by atoms with van der Waals surface area (Å²) in [5.41, 5.74) is 0.588. The molecule has 0 amide bonds. The van der Waals surface area contributed by atoms with Crippen molar-refractivity contribution >= 4 is 0 Å². The van der Waals surface area contributed by atoms with E-state index in [0.29, 0.717) is 5.92 Å². The molecule has 1 aliphatic rings. The molecule has 0 N–H and O–H groups in total. The van der Waals surface area contributed by atoms with Gasteiger partial charge in [0.2, 0.25) is 0 Å². The first kappa shape index (κ1) is 10.2. The highest BCUT2D eigenvalue weighted by Gasteiger charge is 2.41. The predicted octanol–water partition coefficient (Wildman–Crippen LogP) is 3.41. The Kier molecular flexibility index (Phi) is 2.48. The van der Waals surface area contributed by atoms with Crippen molar-refractivity contribution in [1.82, 2.24) is 0 Å². The minimum Gasteiger partial charge on any atom is -0.207 e. The summed E-state index contributed by atoms with van der Waals surface area (Å²) in [4.78, 5) is 0. The highest BCUT2D eigenvalue weighted by molar-refractivity contribution is 5.35. The summed E-state index contributed by atoms with van der Waals surface area (Å²) in [6.45, 7) is 2.11. The average molecular weight is 203 g/mol. The summed E-state index contributed by atoms with van der Waals surface area (Å²) in [6.07, 6.45) is 3.08. The standard InChI is InChI=1S/C13H14FN/c1-10-3-2-8-13(10,9-15)11-4-6-12(14)7-5-11/h4-7,10H,2-3,8H2,1H3. The zero-order chi connectivity index (χ0) is 10.9. The number of benzene rings is 1. The molecule has 15 heavy (non-hydrogen) atoms. The van der Waals surface area contributed by atoms with Crippen molar-refractivity contribution < 1.29 is 4.39 Å². The van der Waals surface area contributed by atoms with Gasteiger partial charge in [-0.05, 0) is 36.5 Å². The van der Waals surface area contributed by atoms with Gasteiger partial charge in [-0.3, -0.25) is 0 Å². The maximum Gasteiger partial charge on any atom is 0.123 e. The van der Waals surface area contributed by atoms with Gasteiger partial charge in [0.05, 0.1) is 11.5 Å². The van der Waals surface area contributed by atoms with Crippen LogP contribution in [-0.2, 0) is 5.41 Å².